The molecule has 0 unspecified atom stereocenters. The van der Waals surface area contributed by atoms with Crippen molar-refractivity contribution in [2.45, 2.75) is 12.8 Å². The fourth-order valence-corrected chi connectivity index (χ4v) is 3.50. The molecule has 1 fully saturated rings. The molecule has 1 aromatic heterocycles. The van der Waals surface area contributed by atoms with Crippen molar-refractivity contribution in [2.24, 2.45) is 0 Å². The summed E-state index contributed by atoms with van der Waals surface area (Å²) < 4.78 is 5.17. The second-order valence-electron chi connectivity index (χ2n) is 6.61. The monoisotopic (exact) mass is 395 g/mol. The van der Waals surface area contributed by atoms with Crippen LogP contribution in [0.4, 0.5) is 28.8 Å². The van der Waals surface area contributed by atoms with Crippen LogP contribution in [0.15, 0.2) is 54.7 Å². The van der Waals surface area contributed by atoms with Crippen LogP contribution < -0.4 is 20.3 Å². The molecule has 2 aromatic carbocycles. The molecule has 1 aliphatic rings. The van der Waals surface area contributed by atoms with Crippen molar-refractivity contribution in [2.75, 3.05) is 35.7 Å². The average molecular weight is 396 g/mol. The van der Waals surface area contributed by atoms with Crippen LogP contribution in [0.3, 0.4) is 0 Å². The third-order valence-corrected chi connectivity index (χ3v) is 4.97. The van der Waals surface area contributed by atoms with E-state index in [0.29, 0.717) is 22.5 Å². The number of aromatic nitrogens is 2. The molecule has 0 bridgehead atoms. The molecular formula is C21H22ClN5O. The van der Waals surface area contributed by atoms with E-state index in [-0.39, 0.29) is 0 Å². The SMILES string of the molecule is COc1ccc(Nc2nccc(Nc3ccc(N4CCCC4)cc3)n2)cc1Cl. The number of nitrogens with zero attached hydrogens (tertiary/aromatic N) is 3. The van der Waals surface area contributed by atoms with E-state index < -0.39 is 0 Å². The third kappa shape index (κ3) is 4.28. The van der Waals surface area contributed by atoms with Gasteiger partial charge in [0.05, 0.1) is 12.1 Å². The highest BCUT2D eigenvalue weighted by Gasteiger charge is 2.12. The molecule has 0 aliphatic carbocycles. The number of methoxy groups -OCH3 is 1. The molecule has 1 aliphatic heterocycles. The Bertz CT molecular complexity index is 942. The number of rotatable bonds is 6. The minimum Gasteiger partial charge on any atom is -0.495 e. The van der Waals surface area contributed by atoms with Crippen molar-refractivity contribution >= 4 is 40.4 Å². The van der Waals surface area contributed by atoms with E-state index in [1.54, 1.807) is 25.4 Å². The second-order valence-corrected chi connectivity index (χ2v) is 7.01. The molecule has 2 N–H and O–H groups in total. The lowest BCUT2D eigenvalue weighted by Crippen LogP contribution is -2.17. The fraction of sp³-hybridized carbons (Fsp3) is 0.238. The van der Waals surface area contributed by atoms with Crippen molar-refractivity contribution in [1.29, 1.82) is 0 Å². The molecule has 0 amide bonds. The van der Waals surface area contributed by atoms with Crippen LogP contribution in [0, 0.1) is 0 Å². The fourth-order valence-electron chi connectivity index (χ4n) is 3.24. The van der Waals surface area contributed by atoms with Gasteiger partial charge >= 0.3 is 0 Å². The molecule has 0 radical (unpaired) electrons. The van der Waals surface area contributed by atoms with Crippen LogP contribution in [0.2, 0.25) is 5.02 Å². The smallest absolute Gasteiger partial charge is 0.229 e. The summed E-state index contributed by atoms with van der Waals surface area (Å²) in [4.78, 5) is 11.2. The Morgan fingerprint density at radius 2 is 1.71 bits per heavy atom. The summed E-state index contributed by atoms with van der Waals surface area (Å²) in [7, 11) is 1.59. The topological polar surface area (TPSA) is 62.3 Å². The van der Waals surface area contributed by atoms with Gasteiger partial charge in [0.15, 0.2) is 0 Å². The van der Waals surface area contributed by atoms with Crippen LogP contribution in [0.1, 0.15) is 12.8 Å². The maximum absolute atomic E-state index is 6.17. The highest BCUT2D eigenvalue weighted by molar-refractivity contribution is 6.32. The van der Waals surface area contributed by atoms with Crippen LogP contribution in [0.25, 0.3) is 0 Å². The summed E-state index contributed by atoms with van der Waals surface area (Å²) in [6.07, 6.45) is 4.26. The quantitative estimate of drug-likeness (QED) is 0.596. The van der Waals surface area contributed by atoms with Gasteiger partial charge in [0, 0.05) is 36.3 Å². The van der Waals surface area contributed by atoms with E-state index in [0.717, 1.165) is 24.5 Å². The maximum Gasteiger partial charge on any atom is 0.229 e. The number of anilines is 5. The van der Waals surface area contributed by atoms with Crippen molar-refractivity contribution in [3.05, 3.63) is 59.8 Å². The van der Waals surface area contributed by atoms with Crippen molar-refractivity contribution in [3.63, 3.8) is 0 Å². The lowest BCUT2D eigenvalue weighted by atomic mass is 10.2. The summed E-state index contributed by atoms with van der Waals surface area (Å²) in [5, 5.41) is 7.01. The Balaban J connectivity index is 1.44. The van der Waals surface area contributed by atoms with Gasteiger partial charge in [-0.3, -0.25) is 0 Å². The molecule has 7 heteroatoms. The molecule has 144 valence electrons. The van der Waals surface area contributed by atoms with E-state index in [1.807, 2.05) is 12.1 Å². The Kier molecular flexibility index (Phi) is 5.48. The number of ether oxygens (including phenoxy) is 1. The van der Waals surface area contributed by atoms with E-state index in [2.05, 4.69) is 49.8 Å². The number of hydrogen-bond donors (Lipinski definition) is 2. The standard InChI is InChI=1S/C21H22ClN5O/c1-28-19-9-6-16(14-18(19)22)25-21-23-11-10-20(26-21)24-15-4-7-17(8-5-15)27-12-2-3-13-27/h4-11,14H,2-3,12-13H2,1H3,(H2,23,24,25,26). The Labute approximate surface area is 169 Å². The molecule has 0 spiro atoms. The Hall–Kier alpha value is -2.99. The average Bonchev–Trinajstić information content (AvgIpc) is 3.24. The summed E-state index contributed by atoms with van der Waals surface area (Å²) in [5.74, 6) is 1.83. The molecule has 6 nitrogen and oxygen atoms in total. The molecule has 0 atom stereocenters. The van der Waals surface area contributed by atoms with Crippen LogP contribution in [-0.2, 0) is 0 Å². The van der Waals surface area contributed by atoms with E-state index in [9.17, 15) is 0 Å². The van der Waals surface area contributed by atoms with Crippen molar-refractivity contribution in [1.82, 2.24) is 9.97 Å². The minimum absolute atomic E-state index is 0.486. The number of nitrogens with one attached hydrogen (secondary N) is 2. The number of hydrogen-bond acceptors (Lipinski definition) is 6. The maximum atomic E-state index is 6.17. The largest absolute Gasteiger partial charge is 0.495 e. The summed E-state index contributed by atoms with van der Waals surface area (Å²) in [5.41, 5.74) is 3.04. The molecule has 4 rings (SSSR count). The van der Waals surface area contributed by atoms with Crippen molar-refractivity contribution in [3.8, 4) is 5.75 Å². The van der Waals surface area contributed by atoms with Crippen LogP contribution in [-0.4, -0.2) is 30.2 Å². The van der Waals surface area contributed by atoms with Gasteiger partial charge in [0.25, 0.3) is 0 Å². The Morgan fingerprint density at radius 1 is 0.964 bits per heavy atom. The number of halogens is 1. The lowest BCUT2D eigenvalue weighted by molar-refractivity contribution is 0.415. The highest BCUT2D eigenvalue weighted by Crippen LogP contribution is 2.28. The van der Waals surface area contributed by atoms with E-state index in [4.69, 9.17) is 16.3 Å². The zero-order chi connectivity index (χ0) is 19.3. The van der Waals surface area contributed by atoms with Gasteiger partial charge < -0.3 is 20.3 Å². The van der Waals surface area contributed by atoms with Gasteiger partial charge in [-0.1, -0.05) is 11.6 Å². The molecule has 0 saturated carbocycles. The molecule has 2 heterocycles. The second kappa shape index (κ2) is 8.35. The van der Waals surface area contributed by atoms with Gasteiger partial charge in [0.1, 0.15) is 11.6 Å². The molecule has 3 aromatic rings. The first-order valence-electron chi connectivity index (χ1n) is 9.27. The predicted molar refractivity (Wildman–Crippen MR) is 114 cm³/mol. The van der Waals surface area contributed by atoms with Gasteiger partial charge in [-0.15, -0.1) is 0 Å². The molecule has 1 saturated heterocycles. The summed E-state index contributed by atoms with van der Waals surface area (Å²) in [6, 6.07) is 15.7. The molecule has 28 heavy (non-hydrogen) atoms. The first-order chi connectivity index (χ1) is 13.7. The summed E-state index contributed by atoms with van der Waals surface area (Å²) in [6.45, 7) is 2.28. The number of benzene rings is 2. The normalized spacial score (nSPS) is 13.4. The van der Waals surface area contributed by atoms with Gasteiger partial charge in [-0.25, -0.2) is 4.98 Å². The van der Waals surface area contributed by atoms with Gasteiger partial charge in [-0.2, -0.15) is 4.98 Å². The highest BCUT2D eigenvalue weighted by atomic mass is 35.5. The Morgan fingerprint density at radius 3 is 2.43 bits per heavy atom. The van der Waals surface area contributed by atoms with Crippen LogP contribution >= 0.6 is 11.6 Å². The lowest BCUT2D eigenvalue weighted by Gasteiger charge is -2.18. The zero-order valence-electron chi connectivity index (χ0n) is 15.7. The predicted octanol–water partition coefficient (Wildman–Crippen LogP) is 5.23. The van der Waals surface area contributed by atoms with Gasteiger partial charge in [0.2, 0.25) is 5.95 Å². The van der Waals surface area contributed by atoms with Gasteiger partial charge in [-0.05, 0) is 61.4 Å². The van der Waals surface area contributed by atoms with E-state index in [1.165, 1.54) is 18.5 Å². The molecular weight excluding hydrogens is 374 g/mol. The zero-order valence-corrected chi connectivity index (χ0v) is 16.4. The first-order valence-corrected chi connectivity index (χ1v) is 9.65. The minimum atomic E-state index is 0.486. The van der Waals surface area contributed by atoms with Crippen molar-refractivity contribution < 1.29 is 4.74 Å². The van der Waals surface area contributed by atoms with Crippen LogP contribution in [0.5, 0.6) is 5.75 Å². The third-order valence-electron chi connectivity index (χ3n) is 4.67. The summed E-state index contributed by atoms with van der Waals surface area (Å²) >= 11 is 6.17. The first kappa shape index (κ1) is 18.4. The van der Waals surface area contributed by atoms with E-state index >= 15 is 0 Å².